The van der Waals surface area contributed by atoms with E-state index in [1.54, 1.807) is 6.20 Å². The zero-order chi connectivity index (χ0) is 10.3. The molecule has 84 valence electrons. The zero-order valence-electron chi connectivity index (χ0n) is 9.06. The minimum absolute atomic E-state index is 0.705. The Kier molecular flexibility index (Phi) is 4.17. The third kappa shape index (κ3) is 3.64. The maximum atomic E-state index is 5.65. The number of ether oxygens (including phenoxy) is 1. The highest BCUT2D eigenvalue weighted by atomic mass is 16.5. The molecular weight excluding hydrogens is 190 g/mol. The lowest BCUT2D eigenvalue weighted by Gasteiger charge is -2.22. The Morgan fingerprint density at radius 3 is 3.27 bits per heavy atom. The molecular formula is C11H19N3O. The maximum absolute atomic E-state index is 5.65. The Bertz CT molecular complexity index is 255. The molecule has 0 aromatic carbocycles. The normalized spacial score (nSPS) is 21.7. The Labute approximate surface area is 90.6 Å². The molecule has 2 rings (SSSR count). The first kappa shape index (κ1) is 10.6. The van der Waals surface area contributed by atoms with Crippen LogP contribution in [0.2, 0.25) is 0 Å². The van der Waals surface area contributed by atoms with Gasteiger partial charge in [-0.15, -0.1) is 0 Å². The second-order valence-electron chi connectivity index (χ2n) is 4.06. The summed E-state index contributed by atoms with van der Waals surface area (Å²) < 4.78 is 7.55. The lowest BCUT2D eigenvalue weighted by Crippen LogP contribution is -2.32. The molecule has 4 heteroatoms. The molecule has 0 aliphatic carbocycles. The van der Waals surface area contributed by atoms with Gasteiger partial charge in [-0.05, 0) is 31.4 Å². The van der Waals surface area contributed by atoms with Crippen LogP contribution in [0.5, 0.6) is 0 Å². The van der Waals surface area contributed by atoms with E-state index in [9.17, 15) is 0 Å². The summed E-state index contributed by atoms with van der Waals surface area (Å²) in [5.41, 5.74) is 0. The molecule has 1 N–H and O–H groups in total. The number of aromatic nitrogens is 2. The van der Waals surface area contributed by atoms with Crippen LogP contribution < -0.4 is 5.32 Å². The van der Waals surface area contributed by atoms with Crippen LogP contribution in [0.25, 0.3) is 0 Å². The van der Waals surface area contributed by atoms with Crippen molar-refractivity contribution >= 4 is 0 Å². The van der Waals surface area contributed by atoms with E-state index in [0.29, 0.717) is 5.92 Å². The highest BCUT2D eigenvalue weighted by molar-refractivity contribution is 4.77. The Balaban J connectivity index is 1.54. The van der Waals surface area contributed by atoms with Crippen molar-refractivity contribution in [3.63, 3.8) is 0 Å². The highest BCUT2D eigenvalue weighted by Crippen LogP contribution is 2.09. The molecule has 1 atom stereocenters. The summed E-state index contributed by atoms with van der Waals surface area (Å²) in [6.07, 6.45) is 6.35. The van der Waals surface area contributed by atoms with Crippen molar-refractivity contribution in [2.75, 3.05) is 26.3 Å². The molecule has 1 fully saturated rings. The number of hydrogen-bond acceptors (Lipinski definition) is 3. The van der Waals surface area contributed by atoms with Crippen molar-refractivity contribution in [1.82, 2.24) is 15.1 Å². The lowest BCUT2D eigenvalue weighted by atomic mass is 10.0. The summed E-state index contributed by atoms with van der Waals surface area (Å²) in [6.45, 7) is 4.78. The Morgan fingerprint density at radius 1 is 1.53 bits per heavy atom. The molecule has 0 amide bonds. The van der Waals surface area contributed by atoms with Crippen LogP contribution in [0.3, 0.4) is 0 Å². The van der Waals surface area contributed by atoms with Crippen LogP contribution in [-0.4, -0.2) is 36.1 Å². The molecule has 0 saturated carbocycles. The first-order valence-electron chi connectivity index (χ1n) is 5.71. The molecule has 1 aliphatic heterocycles. The number of nitrogens with one attached hydrogen (secondary N) is 1. The van der Waals surface area contributed by atoms with E-state index in [4.69, 9.17) is 4.74 Å². The van der Waals surface area contributed by atoms with Crippen LogP contribution in [0, 0.1) is 5.92 Å². The van der Waals surface area contributed by atoms with Gasteiger partial charge in [-0.3, -0.25) is 4.68 Å². The van der Waals surface area contributed by atoms with Crippen LogP contribution in [-0.2, 0) is 11.3 Å². The summed E-state index contributed by atoms with van der Waals surface area (Å²) in [4.78, 5) is 0. The third-order valence-electron chi connectivity index (χ3n) is 2.78. The van der Waals surface area contributed by atoms with Crippen LogP contribution in [0.15, 0.2) is 18.5 Å². The lowest BCUT2D eigenvalue weighted by molar-refractivity contribution is 0.0825. The highest BCUT2D eigenvalue weighted by Gasteiger charge is 2.12. The second-order valence-corrected chi connectivity index (χ2v) is 4.06. The first-order valence-corrected chi connectivity index (χ1v) is 5.71. The van der Waals surface area contributed by atoms with E-state index in [1.165, 1.54) is 19.4 Å². The number of rotatable bonds is 5. The van der Waals surface area contributed by atoms with E-state index >= 15 is 0 Å². The van der Waals surface area contributed by atoms with Crippen molar-refractivity contribution < 1.29 is 4.74 Å². The summed E-state index contributed by atoms with van der Waals surface area (Å²) in [5, 5.41) is 7.52. The van der Waals surface area contributed by atoms with Gasteiger partial charge in [0.25, 0.3) is 0 Å². The van der Waals surface area contributed by atoms with Gasteiger partial charge in [0.15, 0.2) is 0 Å². The minimum Gasteiger partial charge on any atom is -0.379 e. The van der Waals surface area contributed by atoms with Gasteiger partial charge in [0, 0.05) is 18.9 Å². The van der Waals surface area contributed by atoms with Gasteiger partial charge in [0.05, 0.1) is 19.8 Å². The predicted molar refractivity (Wildman–Crippen MR) is 58.6 cm³/mol. The molecule has 4 nitrogen and oxygen atoms in total. The van der Waals surface area contributed by atoms with Crippen molar-refractivity contribution in [3.05, 3.63) is 18.5 Å². The number of piperidine rings is 1. The average molecular weight is 209 g/mol. The monoisotopic (exact) mass is 209 g/mol. The number of nitrogens with zero attached hydrogens (tertiary/aromatic N) is 2. The smallest absolute Gasteiger partial charge is 0.0662 e. The molecule has 1 aliphatic rings. The van der Waals surface area contributed by atoms with Crippen molar-refractivity contribution in [2.24, 2.45) is 5.92 Å². The van der Waals surface area contributed by atoms with Gasteiger partial charge < -0.3 is 10.1 Å². The predicted octanol–water partition coefficient (Wildman–Crippen LogP) is 0.899. The van der Waals surface area contributed by atoms with Crippen LogP contribution in [0.4, 0.5) is 0 Å². The summed E-state index contributed by atoms with van der Waals surface area (Å²) in [7, 11) is 0. The topological polar surface area (TPSA) is 39.1 Å². The van der Waals surface area contributed by atoms with Crippen molar-refractivity contribution in [3.8, 4) is 0 Å². The van der Waals surface area contributed by atoms with E-state index < -0.39 is 0 Å². The summed E-state index contributed by atoms with van der Waals surface area (Å²) in [6, 6.07) is 1.94. The third-order valence-corrected chi connectivity index (χ3v) is 2.78. The quantitative estimate of drug-likeness (QED) is 0.732. The maximum Gasteiger partial charge on any atom is 0.0662 e. The zero-order valence-corrected chi connectivity index (χ0v) is 9.06. The fourth-order valence-electron chi connectivity index (χ4n) is 1.91. The van der Waals surface area contributed by atoms with Crippen LogP contribution >= 0.6 is 0 Å². The molecule has 1 aromatic rings. The van der Waals surface area contributed by atoms with Crippen molar-refractivity contribution in [2.45, 2.75) is 19.4 Å². The molecule has 15 heavy (non-hydrogen) atoms. The molecule has 1 saturated heterocycles. The van der Waals surface area contributed by atoms with E-state index in [2.05, 4.69) is 10.4 Å². The SMILES string of the molecule is c1cnn(CCOC[C@H]2CCCNC2)c1. The van der Waals surface area contributed by atoms with E-state index in [0.717, 1.165) is 26.3 Å². The summed E-state index contributed by atoms with van der Waals surface area (Å²) in [5.74, 6) is 0.705. The standard InChI is InChI=1S/C11H19N3O/c1-3-11(9-12-4-1)10-15-8-7-14-6-2-5-13-14/h2,5-6,11-12H,1,3-4,7-10H2/t11-/m0/s1. The van der Waals surface area contributed by atoms with E-state index in [-0.39, 0.29) is 0 Å². The molecule has 0 unspecified atom stereocenters. The molecule has 2 heterocycles. The average Bonchev–Trinajstić information content (AvgIpc) is 2.79. The largest absolute Gasteiger partial charge is 0.379 e. The van der Waals surface area contributed by atoms with Crippen molar-refractivity contribution in [1.29, 1.82) is 0 Å². The van der Waals surface area contributed by atoms with Gasteiger partial charge in [-0.1, -0.05) is 0 Å². The molecule has 0 spiro atoms. The van der Waals surface area contributed by atoms with Crippen LogP contribution in [0.1, 0.15) is 12.8 Å². The molecule has 0 radical (unpaired) electrons. The van der Waals surface area contributed by atoms with Gasteiger partial charge >= 0.3 is 0 Å². The molecule has 1 aromatic heterocycles. The van der Waals surface area contributed by atoms with Gasteiger partial charge in [0.1, 0.15) is 0 Å². The fraction of sp³-hybridized carbons (Fsp3) is 0.727. The fourth-order valence-corrected chi connectivity index (χ4v) is 1.91. The molecule has 0 bridgehead atoms. The first-order chi connectivity index (χ1) is 7.45. The van der Waals surface area contributed by atoms with Gasteiger partial charge in [-0.25, -0.2) is 0 Å². The van der Waals surface area contributed by atoms with E-state index in [1.807, 2.05) is 16.9 Å². The number of hydrogen-bond donors (Lipinski definition) is 1. The Morgan fingerprint density at radius 2 is 2.53 bits per heavy atom. The Hall–Kier alpha value is -0.870. The minimum atomic E-state index is 0.705. The second kappa shape index (κ2) is 5.88. The van der Waals surface area contributed by atoms with Gasteiger partial charge in [0.2, 0.25) is 0 Å². The summed E-state index contributed by atoms with van der Waals surface area (Å²) >= 11 is 0. The van der Waals surface area contributed by atoms with Gasteiger partial charge in [-0.2, -0.15) is 5.10 Å².